The van der Waals surface area contributed by atoms with Crippen LogP contribution in [0, 0.1) is 20.2 Å². The Bertz CT molecular complexity index is 1190. The summed E-state index contributed by atoms with van der Waals surface area (Å²) in [5.74, 6) is -1.24. The summed E-state index contributed by atoms with van der Waals surface area (Å²) in [5, 5.41) is 45.1. The summed E-state index contributed by atoms with van der Waals surface area (Å²) in [4.78, 5) is 39.0. The van der Waals surface area contributed by atoms with Crippen molar-refractivity contribution < 1.29 is 24.9 Å². The minimum atomic E-state index is -1.61. The summed E-state index contributed by atoms with van der Waals surface area (Å²) >= 11 is 0. The van der Waals surface area contributed by atoms with E-state index in [-0.39, 0.29) is 34.6 Å². The molecule has 3 rings (SSSR count). The number of non-ortho nitro benzene ring substituents is 1. The van der Waals surface area contributed by atoms with Crippen molar-refractivity contribution in [1.82, 2.24) is 9.80 Å². The zero-order chi connectivity index (χ0) is 28.5. The summed E-state index contributed by atoms with van der Waals surface area (Å²) < 4.78 is 0. The van der Waals surface area contributed by atoms with Crippen LogP contribution in [-0.2, 0) is 4.79 Å². The number of hydrogen-bond donors (Lipinski definition) is 2. The number of carbonyl (C=O) groups is 1. The molecule has 1 aliphatic heterocycles. The first-order valence-corrected chi connectivity index (χ1v) is 13.3. The zero-order valence-electron chi connectivity index (χ0n) is 22.4. The number of aliphatic hydroxyl groups is 2. The van der Waals surface area contributed by atoms with E-state index in [1.165, 1.54) is 47.4 Å². The van der Waals surface area contributed by atoms with E-state index >= 15 is 0 Å². The minimum Gasteiger partial charge on any atom is -0.507 e. The summed E-state index contributed by atoms with van der Waals surface area (Å²) in [7, 11) is 0. The number of carbonyl (C=O) groups excluding carboxylic acids is 1. The van der Waals surface area contributed by atoms with Crippen LogP contribution < -0.4 is 0 Å². The topological polar surface area (TPSA) is 150 Å². The van der Waals surface area contributed by atoms with Crippen molar-refractivity contribution in [3.63, 3.8) is 0 Å². The molecule has 2 atom stereocenters. The van der Waals surface area contributed by atoms with Crippen LogP contribution in [0.1, 0.15) is 63.1 Å². The third kappa shape index (κ3) is 7.05. The van der Waals surface area contributed by atoms with E-state index in [4.69, 9.17) is 0 Å². The number of ketones is 1. The van der Waals surface area contributed by atoms with Crippen molar-refractivity contribution in [3.05, 3.63) is 85.5 Å². The number of Topliss-reactive ketones (excluding diaryl/α,β-unsaturated/α-hetero) is 1. The molecule has 0 amide bonds. The smallest absolute Gasteiger partial charge is 0.274 e. The molecule has 0 radical (unpaired) electrons. The lowest BCUT2D eigenvalue weighted by molar-refractivity contribution is -0.385. The van der Waals surface area contributed by atoms with Gasteiger partial charge >= 0.3 is 0 Å². The Morgan fingerprint density at radius 3 is 2.08 bits per heavy atom. The van der Waals surface area contributed by atoms with E-state index in [0.717, 1.165) is 45.3 Å². The van der Waals surface area contributed by atoms with Crippen LogP contribution in [0.15, 0.2) is 54.1 Å². The van der Waals surface area contributed by atoms with Crippen molar-refractivity contribution in [3.8, 4) is 0 Å². The molecule has 1 aliphatic rings. The zero-order valence-corrected chi connectivity index (χ0v) is 22.4. The number of nitrogens with zero attached hydrogens (tertiary/aromatic N) is 4. The van der Waals surface area contributed by atoms with Gasteiger partial charge in [-0.2, -0.15) is 0 Å². The van der Waals surface area contributed by atoms with Crippen molar-refractivity contribution >= 4 is 22.9 Å². The van der Waals surface area contributed by atoms with E-state index in [2.05, 4.69) is 18.7 Å². The first-order valence-electron chi connectivity index (χ1n) is 13.3. The SMILES string of the molecule is CCCCN(CCCC)CCCN1[C@H](O)C(=O)C(=C(O)c2ccc([N+](=O)[O-])cc2)[C@@H]1c1ccccc1[N+](=O)[O-]. The monoisotopic (exact) mass is 540 g/mol. The maximum atomic E-state index is 13.4. The van der Waals surface area contributed by atoms with Crippen LogP contribution >= 0.6 is 0 Å². The van der Waals surface area contributed by atoms with Gasteiger partial charge in [0.25, 0.3) is 11.4 Å². The number of hydrogen-bond acceptors (Lipinski definition) is 9. The molecule has 0 spiro atoms. The molecule has 0 bridgehead atoms. The second-order valence-electron chi connectivity index (χ2n) is 9.66. The third-order valence-electron chi connectivity index (χ3n) is 7.00. The summed E-state index contributed by atoms with van der Waals surface area (Å²) in [5.41, 5.74) is -0.311. The van der Waals surface area contributed by atoms with Crippen LogP contribution in [0.3, 0.4) is 0 Å². The first kappa shape index (κ1) is 29.9. The Morgan fingerprint density at radius 1 is 0.923 bits per heavy atom. The lowest BCUT2D eigenvalue weighted by Crippen LogP contribution is -2.37. The number of benzene rings is 2. The molecule has 1 saturated heterocycles. The fourth-order valence-corrected chi connectivity index (χ4v) is 4.92. The van der Waals surface area contributed by atoms with E-state index in [1.807, 2.05) is 0 Å². The second kappa shape index (κ2) is 13.9. The molecule has 2 aromatic carbocycles. The molecule has 210 valence electrons. The molecule has 2 N–H and O–H groups in total. The molecule has 0 aromatic heterocycles. The van der Waals surface area contributed by atoms with Gasteiger partial charge in [0, 0.05) is 30.3 Å². The third-order valence-corrected chi connectivity index (χ3v) is 7.00. The number of nitro benzene ring substituents is 2. The first-order chi connectivity index (χ1) is 18.7. The Hall–Kier alpha value is -3.67. The van der Waals surface area contributed by atoms with E-state index in [0.29, 0.717) is 6.42 Å². The average molecular weight is 541 g/mol. The molecule has 2 aromatic rings. The lowest BCUT2D eigenvalue weighted by atomic mass is 9.94. The fraction of sp³-hybridized carbons (Fsp3) is 0.464. The predicted molar refractivity (Wildman–Crippen MR) is 147 cm³/mol. The number of likely N-dealkylation sites (tertiary alicyclic amines) is 1. The van der Waals surface area contributed by atoms with Gasteiger partial charge in [0.2, 0.25) is 5.78 Å². The quantitative estimate of drug-likeness (QED) is 0.146. The maximum Gasteiger partial charge on any atom is 0.274 e. The Morgan fingerprint density at radius 2 is 1.51 bits per heavy atom. The van der Waals surface area contributed by atoms with Crippen LogP contribution in [0.25, 0.3) is 5.76 Å². The highest BCUT2D eigenvalue weighted by Gasteiger charge is 2.48. The molecule has 39 heavy (non-hydrogen) atoms. The Labute approximate surface area is 227 Å². The summed E-state index contributed by atoms with van der Waals surface area (Å²) in [6.07, 6.45) is 3.24. The van der Waals surface area contributed by atoms with Crippen LogP contribution in [-0.4, -0.2) is 68.0 Å². The molecular weight excluding hydrogens is 504 g/mol. The molecule has 1 heterocycles. The van der Waals surface area contributed by atoms with Crippen molar-refractivity contribution in [2.75, 3.05) is 26.2 Å². The van der Waals surface area contributed by atoms with Crippen LogP contribution in [0.2, 0.25) is 0 Å². The number of para-hydroxylation sites is 1. The van der Waals surface area contributed by atoms with E-state index in [1.54, 1.807) is 6.07 Å². The Balaban J connectivity index is 2.01. The molecule has 11 heteroatoms. The van der Waals surface area contributed by atoms with Crippen molar-refractivity contribution in [2.45, 2.75) is 58.2 Å². The lowest BCUT2D eigenvalue weighted by Gasteiger charge is -2.28. The maximum absolute atomic E-state index is 13.4. The largest absolute Gasteiger partial charge is 0.507 e. The molecule has 0 unspecified atom stereocenters. The van der Waals surface area contributed by atoms with Crippen molar-refractivity contribution in [1.29, 1.82) is 0 Å². The van der Waals surface area contributed by atoms with Gasteiger partial charge in [0.15, 0.2) is 6.23 Å². The van der Waals surface area contributed by atoms with Gasteiger partial charge < -0.3 is 15.1 Å². The molecule has 0 aliphatic carbocycles. The average Bonchev–Trinajstić information content (AvgIpc) is 3.18. The molecule has 1 fully saturated rings. The number of nitro groups is 2. The van der Waals surface area contributed by atoms with Crippen LogP contribution in [0.5, 0.6) is 0 Å². The van der Waals surface area contributed by atoms with Gasteiger partial charge in [0.1, 0.15) is 5.76 Å². The number of unbranched alkanes of at least 4 members (excludes halogenated alkanes) is 2. The fourth-order valence-electron chi connectivity index (χ4n) is 4.92. The highest BCUT2D eigenvalue weighted by Crippen LogP contribution is 2.44. The summed E-state index contributed by atoms with van der Waals surface area (Å²) in [6.45, 7) is 7.14. The van der Waals surface area contributed by atoms with Gasteiger partial charge in [0.05, 0.1) is 27.0 Å². The van der Waals surface area contributed by atoms with E-state index < -0.39 is 33.7 Å². The minimum absolute atomic E-state index is 0.131. The highest BCUT2D eigenvalue weighted by atomic mass is 16.6. The molecule has 11 nitrogen and oxygen atoms in total. The normalized spacial score (nSPS) is 19.0. The Kier molecular flexibility index (Phi) is 10.7. The van der Waals surface area contributed by atoms with Gasteiger partial charge in [-0.3, -0.25) is 29.9 Å². The van der Waals surface area contributed by atoms with Crippen molar-refractivity contribution in [2.24, 2.45) is 0 Å². The van der Waals surface area contributed by atoms with Gasteiger partial charge in [-0.25, -0.2) is 0 Å². The van der Waals surface area contributed by atoms with E-state index in [9.17, 15) is 35.2 Å². The highest BCUT2D eigenvalue weighted by molar-refractivity contribution is 6.07. The number of aliphatic hydroxyl groups excluding tert-OH is 2. The number of rotatable bonds is 14. The van der Waals surface area contributed by atoms with Gasteiger partial charge in [-0.15, -0.1) is 0 Å². The van der Waals surface area contributed by atoms with Crippen LogP contribution in [0.4, 0.5) is 11.4 Å². The second-order valence-corrected chi connectivity index (χ2v) is 9.66. The predicted octanol–water partition coefficient (Wildman–Crippen LogP) is 5.01. The van der Waals surface area contributed by atoms with Gasteiger partial charge in [-0.1, -0.05) is 44.9 Å². The molecule has 0 saturated carbocycles. The molecular formula is C28H36N4O7. The standard InChI is InChI=1S/C28H36N4O7/c1-3-5-16-29(17-6-4-2)18-9-19-30-25(22-10-7-8-11-23(22)32(38)39)24(27(34)28(30)35)26(33)20-12-14-21(15-13-20)31(36)37/h7-8,10-15,25,28,33,35H,3-6,9,16-19H2,1-2H3/t25-,28+/m0/s1. The van der Waals surface area contributed by atoms with Gasteiger partial charge in [-0.05, 0) is 51.0 Å². The summed E-state index contributed by atoms with van der Waals surface area (Å²) in [6, 6.07) is 9.87.